The highest BCUT2D eigenvalue weighted by Gasteiger charge is 2.14. The number of Topliss-reactive ketones (excluding diaryl/α,β-unsaturated/α-hetero) is 1. The van der Waals surface area contributed by atoms with Crippen molar-refractivity contribution in [1.82, 2.24) is 0 Å². The molecule has 0 aliphatic carbocycles. The van der Waals surface area contributed by atoms with Crippen molar-refractivity contribution < 1.29 is 19.7 Å². The van der Waals surface area contributed by atoms with Crippen molar-refractivity contribution in [3.05, 3.63) is 23.8 Å². The van der Waals surface area contributed by atoms with Crippen molar-refractivity contribution in [2.75, 3.05) is 13.7 Å². The van der Waals surface area contributed by atoms with Gasteiger partial charge < -0.3 is 19.7 Å². The average Bonchev–Trinajstić information content (AvgIpc) is 2.26. The monoisotopic (exact) mass is 224 g/mol. The van der Waals surface area contributed by atoms with Gasteiger partial charge >= 0.3 is 0 Å². The van der Waals surface area contributed by atoms with Gasteiger partial charge in [-0.2, -0.15) is 0 Å². The lowest BCUT2D eigenvalue weighted by Gasteiger charge is -2.14. The maximum atomic E-state index is 11.0. The fourth-order valence-corrected chi connectivity index (χ4v) is 1.58. The molecular weight excluding hydrogens is 208 g/mol. The fraction of sp³-hybridized carbons (Fsp3) is 0.417. The second-order valence-electron chi connectivity index (χ2n) is 3.72. The minimum atomic E-state index is -0.244. The van der Waals surface area contributed by atoms with E-state index in [9.17, 15) is 15.0 Å². The second kappa shape index (κ2) is 5.51. The van der Waals surface area contributed by atoms with E-state index < -0.39 is 0 Å². The summed E-state index contributed by atoms with van der Waals surface area (Å²) in [6.07, 6.45) is 0.282. The van der Waals surface area contributed by atoms with E-state index in [0.717, 1.165) is 5.56 Å². The molecule has 4 nitrogen and oxygen atoms in total. The first-order chi connectivity index (χ1) is 7.58. The smallest absolute Gasteiger partial charge is 0.160 e. The Morgan fingerprint density at radius 1 is 1.50 bits per heavy atom. The minimum absolute atomic E-state index is 0.0195. The second-order valence-corrected chi connectivity index (χ2v) is 3.72. The van der Waals surface area contributed by atoms with Gasteiger partial charge in [-0.3, -0.25) is 0 Å². The van der Waals surface area contributed by atoms with Crippen molar-refractivity contribution in [2.24, 2.45) is 0 Å². The lowest BCUT2D eigenvalue weighted by molar-refractivity contribution is -0.117. The number of aromatic hydroxyl groups is 1. The van der Waals surface area contributed by atoms with Gasteiger partial charge in [0.25, 0.3) is 0 Å². The zero-order chi connectivity index (χ0) is 12.1. The van der Waals surface area contributed by atoms with Gasteiger partial charge in [-0.25, -0.2) is 0 Å². The molecule has 1 rings (SSSR count). The van der Waals surface area contributed by atoms with E-state index in [-0.39, 0.29) is 30.5 Å². The number of hydrogen-bond acceptors (Lipinski definition) is 4. The lowest BCUT2D eigenvalue weighted by atomic mass is 9.94. The molecule has 16 heavy (non-hydrogen) atoms. The quantitative estimate of drug-likeness (QED) is 0.794. The van der Waals surface area contributed by atoms with E-state index >= 15 is 0 Å². The molecule has 0 aromatic heterocycles. The molecule has 1 atom stereocenters. The molecule has 0 spiro atoms. The van der Waals surface area contributed by atoms with Gasteiger partial charge in [-0.1, -0.05) is 6.07 Å². The number of carbonyl (C=O) groups excluding carboxylic acids is 1. The normalized spacial score (nSPS) is 12.2. The molecule has 0 amide bonds. The number of benzene rings is 1. The van der Waals surface area contributed by atoms with Crippen LogP contribution in [0.3, 0.4) is 0 Å². The van der Waals surface area contributed by atoms with Crippen LogP contribution in [0.1, 0.15) is 24.8 Å². The average molecular weight is 224 g/mol. The van der Waals surface area contributed by atoms with Crippen LogP contribution in [0.2, 0.25) is 0 Å². The van der Waals surface area contributed by atoms with Crippen molar-refractivity contribution in [1.29, 1.82) is 0 Å². The SMILES string of the molecule is COc1cc(C(CO)CC(C)=O)ccc1O. The number of ketones is 1. The Hall–Kier alpha value is -1.55. The molecule has 0 aliphatic rings. The molecule has 0 aliphatic heterocycles. The summed E-state index contributed by atoms with van der Waals surface area (Å²) < 4.78 is 4.97. The first-order valence-corrected chi connectivity index (χ1v) is 5.05. The summed E-state index contributed by atoms with van der Waals surface area (Å²) in [5, 5.41) is 18.6. The van der Waals surface area contributed by atoms with Crippen molar-refractivity contribution >= 4 is 5.78 Å². The zero-order valence-corrected chi connectivity index (χ0v) is 9.43. The molecule has 0 saturated heterocycles. The summed E-state index contributed by atoms with van der Waals surface area (Å²) in [6.45, 7) is 1.38. The van der Waals surface area contributed by atoms with Crippen LogP contribution < -0.4 is 4.74 Å². The Morgan fingerprint density at radius 2 is 2.19 bits per heavy atom. The van der Waals surface area contributed by atoms with Gasteiger partial charge in [-0.15, -0.1) is 0 Å². The Labute approximate surface area is 94.5 Å². The van der Waals surface area contributed by atoms with Gasteiger partial charge in [-0.05, 0) is 24.6 Å². The van der Waals surface area contributed by atoms with Crippen LogP contribution in [0.25, 0.3) is 0 Å². The number of aliphatic hydroxyl groups is 1. The number of methoxy groups -OCH3 is 1. The molecule has 4 heteroatoms. The molecule has 1 aromatic rings. The summed E-state index contributed by atoms with van der Waals surface area (Å²) in [5.74, 6) is 0.170. The highest BCUT2D eigenvalue weighted by Crippen LogP contribution is 2.30. The van der Waals surface area contributed by atoms with Crippen LogP contribution in [0, 0.1) is 0 Å². The molecule has 1 unspecified atom stereocenters. The largest absolute Gasteiger partial charge is 0.504 e. The Balaban J connectivity index is 2.96. The van der Waals surface area contributed by atoms with E-state index in [0.29, 0.717) is 5.75 Å². The maximum Gasteiger partial charge on any atom is 0.160 e. The number of ether oxygens (including phenoxy) is 1. The van der Waals surface area contributed by atoms with E-state index in [4.69, 9.17) is 4.74 Å². The van der Waals surface area contributed by atoms with Crippen LogP contribution in [0.4, 0.5) is 0 Å². The van der Waals surface area contributed by atoms with Gasteiger partial charge in [0.15, 0.2) is 11.5 Å². The molecule has 0 saturated carbocycles. The highest BCUT2D eigenvalue weighted by atomic mass is 16.5. The van der Waals surface area contributed by atoms with Crippen LogP contribution in [-0.4, -0.2) is 29.7 Å². The minimum Gasteiger partial charge on any atom is -0.504 e. The molecule has 0 fully saturated rings. The fourth-order valence-electron chi connectivity index (χ4n) is 1.58. The summed E-state index contributed by atoms with van der Waals surface area (Å²) in [5.41, 5.74) is 0.785. The van der Waals surface area contributed by atoms with Crippen molar-refractivity contribution in [3.63, 3.8) is 0 Å². The number of phenolic OH excluding ortho intramolecular Hbond substituents is 1. The summed E-state index contributed by atoms with van der Waals surface area (Å²) in [4.78, 5) is 11.0. The predicted molar refractivity (Wildman–Crippen MR) is 59.8 cm³/mol. The van der Waals surface area contributed by atoms with Crippen LogP contribution in [-0.2, 0) is 4.79 Å². The molecule has 2 N–H and O–H groups in total. The number of hydrogen-bond donors (Lipinski definition) is 2. The summed E-state index contributed by atoms with van der Waals surface area (Å²) >= 11 is 0. The number of aliphatic hydroxyl groups excluding tert-OH is 1. The lowest BCUT2D eigenvalue weighted by Crippen LogP contribution is -2.08. The Morgan fingerprint density at radius 3 is 2.69 bits per heavy atom. The highest BCUT2D eigenvalue weighted by molar-refractivity contribution is 5.76. The third-order valence-corrected chi connectivity index (χ3v) is 2.43. The van der Waals surface area contributed by atoms with E-state index in [1.54, 1.807) is 12.1 Å². The van der Waals surface area contributed by atoms with E-state index in [1.165, 1.54) is 20.1 Å². The van der Waals surface area contributed by atoms with Crippen molar-refractivity contribution in [2.45, 2.75) is 19.3 Å². The van der Waals surface area contributed by atoms with Gasteiger partial charge in [0.1, 0.15) is 5.78 Å². The van der Waals surface area contributed by atoms with E-state index in [1.807, 2.05) is 0 Å². The molecular formula is C12H16O4. The van der Waals surface area contributed by atoms with Crippen molar-refractivity contribution in [3.8, 4) is 11.5 Å². The Bertz CT molecular complexity index is 373. The standard InChI is InChI=1S/C12H16O4/c1-8(14)5-10(7-13)9-3-4-11(15)12(6-9)16-2/h3-4,6,10,13,15H,5,7H2,1-2H3. The predicted octanol–water partition coefficient (Wildman–Crippen LogP) is 1.46. The number of phenols is 1. The van der Waals surface area contributed by atoms with Crippen LogP contribution in [0.5, 0.6) is 11.5 Å². The molecule has 1 aromatic carbocycles. The van der Waals surface area contributed by atoms with E-state index in [2.05, 4.69) is 0 Å². The zero-order valence-electron chi connectivity index (χ0n) is 9.43. The maximum absolute atomic E-state index is 11.0. The molecule has 88 valence electrons. The molecule has 0 bridgehead atoms. The first kappa shape index (κ1) is 12.5. The van der Waals surface area contributed by atoms with Gasteiger partial charge in [0, 0.05) is 12.3 Å². The number of rotatable bonds is 5. The summed E-state index contributed by atoms with van der Waals surface area (Å²) in [7, 11) is 1.46. The van der Waals surface area contributed by atoms with Gasteiger partial charge in [0.2, 0.25) is 0 Å². The van der Waals surface area contributed by atoms with Gasteiger partial charge in [0.05, 0.1) is 13.7 Å². The topological polar surface area (TPSA) is 66.8 Å². The third-order valence-electron chi connectivity index (χ3n) is 2.43. The number of carbonyl (C=O) groups is 1. The third kappa shape index (κ3) is 2.97. The van der Waals surface area contributed by atoms with Crippen LogP contribution >= 0.6 is 0 Å². The molecule has 0 radical (unpaired) electrons. The molecule has 0 heterocycles. The summed E-state index contributed by atoms with van der Waals surface area (Å²) in [6, 6.07) is 4.82. The Kier molecular flexibility index (Phi) is 4.31. The van der Waals surface area contributed by atoms with Crippen LogP contribution in [0.15, 0.2) is 18.2 Å². The first-order valence-electron chi connectivity index (χ1n) is 5.05.